The standard InChI is InChI=1S/C27H23ClN2O3/c28-23-8-4-5-9-24(23)29-25(31)18-10-13-20(14-11-18)30-26(32)21-15-12-19(16-22(21)27(30)33)17-6-2-1-3-7-17/h1-11,13-14,19,21-22H,12,15-16H2,(H,29,31)/t19-,21-,22-/m1/s1. The van der Waals surface area contributed by atoms with Crippen LogP contribution in [0.15, 0.2) is 78.9 Å². The van der Waals surface area contributed by atoms with E-state index in [1.54, 1.807) is 48.5 Å². The van der Waals surface area contributed by atoms with Gasteiger partial charge in [-0.2, -0.15) is 0 Å². The van der Waals surface area contributed by atoms with Crippen molar-refractivity contribution in [2.24, 2.45) is 11.8 Å². The number of halogens is 1. The van der Waals surface area contributed by atoms with E-state index in [4.69, 9.17) is 11.6 Å². The lowest BCUT2D eigenvalue weighted by Crippen LogP contribution is -2.30. The number of hydrogen-bond acceptors (Lipinski definition) is 3. The second kappa shape index (κ2) is 8.83. The molecule has 1 saturated carbocycles. The number of imide groups is 1. The molecule has 166 valence electrons. The summed E-state index contributed by atoms with van der Waals surface area (Å²) in [6.45, 7) is 0. The van der Waals surface area contributed by atoms with Gasteiger partial charge in [-0.25, -0.2) is 0 Å². The highest BCUT2D eigenvalue weighted by atomic mass is 35.5. The smallest absolute Gasteiger partial charge is 0.255 e. The minimum atomic E-state index is -0.312. The van der Waals surface area contributed by atoms with Crippen LogP contribution >= 0.6 is 11.6 Å². The highest BCUT2D eigenvalue weighted by Crippen LogP contribution is 2.45. The lowest BCUT2D eigenvalue weighted by molar-refractivity contribution is -0.122. The SMILES string of the molecule is O=C(Nc1ccccc1Cl)c1ccc(N2C(=O)[C@@H]3CC[C@@H](c4ccccc4)C[C@H]3C2=O)cc1. The molecule has 0 spiro atoms. The van der Waals surface area contributed by atoms with Gasteiger partial charge in [-0.3, -0.25) is 19.3 Å². The van der Waals surface area contributed by atoms with Crippen LogP contribution < -0.4 is 10.2 Å². The number of nitrogens with one attached hydrogen (secondary N) is 1. The summed E-state index contributed by atoms with van der Waals surface area (Å²) in [5, 5.41) is 3.23. The molecule has 0 bridgehead atoms. The first-order valence-electron chi connectivity index (χ1n) is 11.1. The van der Waals surface area contributed by atoms with E-state index >= 15 is 0 Å². The maximum atomic E-state index is 13.2. The van der Waals surface area contributed by atoms with Gasteiger partial charge in [-0.05, 0) is 67.1 Å². The van der Waals surface area contributed by atoms with Crippen molar-refractivity contribution in [1.29, 1.82) is 0 Å². The lowest BCUT2D eigenvalue weighted by Gasteiger charge is -2.28. The maximum Gasteiger partial charge on any atom is 0.255 e. The minimum Gasteiger partial charge on any atom is -0.321 e. The largest absolute Gasteiger partial charge is 0.321 e. The quantitative estimate of drug-likeness (QED) is 0.512. The van der Waals surface area contributed by atoms with E-state index in [1.165, 1.54) is 10.5 Å². The van der Waals surface area contributed by atoms with E-state index in [2.05, 4.69) is 17.4 Å². The van der Waals surface area contributed by atoms with Crippen LogP contribution in [0, 0.1) is 11.8 Å². The van der Waals surface area contributed by atoms with Crippen LogP contribution in [-0.2, 0) is 9.59 Å². The van der Waals surface area contributed by atoms with Gasteiger partial charge >= 0.3 is 0 Å². The van der Waals surface area contributed by atoms with Gasteiger partial charge in [0.15, 0.2) is 0 Å². The van der Waals surface area contributed by atoms with Gasteiger partial charge < -0.3 is 5.32 Å². The molecule has 3 aromatic rings. The average molecular weight is 459 g/mol. The molecule has 1 N–H and O–H groups in total. The van der Waals surface area contributed by atoms with Crippen LogP contribution in [0.25, 0.3) is 0 Å². The fourth-order valence-electron chi connectivity index (χ4n) is 4.98. The molecule has 2 fully saturated rings. The van der Waals surface area contributed by atoms with Gasteiger partial charge in [0.05, 0.1) is 28.2 Å². The van der Waals surface area contributed by atoms with Crippen LogP contribution in [0.5, 0.6) is 0 Å². The number of carbonyl (C=O) groups excluding carboxylic acids is 3. The van der Waals surface area contributed by atoms with Gasteiger partial charge in [0.25, 0.3) is 5.91 Å². The van der Waals surface area contributed by atoms with Crippen molar-refractivity contribution < 1.29 is 14.4 Å². The van der Waals surface area contributed by atoms with Gasteiger partial charge in [-0.1, -0.05) is 54.1 Å². The zero-order chi connectivity index (χ0) is 22.9. The van der Waals surface area contributed by atoms with Crippen LogP contribution in [0.1, 0.15) is 41.1 Å². The Morgan fingerprint density at radius 2 is 1.48 bits per heavy atom. The predicted molar refractivity (Wildman–Crippen MR) is 128 cm³/mol. The van der Waals surface area contributed by atoms with Crippen LogP contribution in [0.3, 0.4) is 0 Å². The summed E-state index contributed by atoms with van der Waals surface area (Å²) in [6.07, 6.45) is 2.30. The highest BCUT2D eigenvalue weighted by molar-refractivity contribution is 6.33. The average Bonchev–Trinajstić information content (AvgIpc) is 3.10. The van der Waals surface area contributed by atoms with Crippen LogP contribution in [0.4, 0.5) is 11.4 Å². The van der Waals surface area contributed by atoms with E-state index in [1.807, 2.05) is 18.2 Å². The molecule has 0 radical (unpaired) electrons. The first-order valence-corrected chi connectivity index (χ1v) is 11.5. The van der Waals surface area contributed by atoms with E-state index in [-0.39, 0.29) is 29.6 Å². The summed E-state index contributed by atoms with van der Waals surface area (Å²) in [7, 11) is 0. The minimum absolute atomic E-state index is 0.134. The van der Waals surface area contributed by atoms with Gasteiger partial charge in [0.1, 0.15) is 0 Å². The van der Waals surface area contributed by atoms with Crippen molar-refractivity contribution >= 4 is 40.7 Å². The second-order valence-corrected chi connectivity index (χ2v) is 9.03. The molecule has 33 heavy (non-hydrogen) atoms. The Kier molecular flexibility index (Phi) is 5.73. The Bertz CT molecular complexity index is 1210. The van der Waals surface area contributed by atoms with Gasteiger partial charge in [-0.15, -0.1) is 0 Å². The number of benzene rings is 3. The molecule has 1 saturated heterocycles. The summed E-state index contributed by atoms with van der Waals surface area (Å²) in [5.74, 6) is -0.850. The number of rotatable bonds is 4. The number of nitrogens with zero attached hydrogens (tertiary/aromatic N) is 1. The fourth-order valence-corrected chi connectivity index (χ4v) is 5.16. The molecule has 1 aliphatic carbocycles. The first-order chi connectivity index (χ1) is 16.0. The Morgan fingerprint density at radius 1 is 0.818 bits per heavy atom. The zero-order valence-electron chi connectivity index (χ0n) is 17.9. The Morgan fingerprint density at radius 3 is 2.21 bits per heavy atom. The van der Waals surface area contributed by atoms with Gasteiger partial charge in [0, 0.05) is 5.56 Å². The maximum absolute atomic E-state index is 13.2. The molecule has 3 amide bonds. The van der Waals surface area contributed by atoms with Crippen molar-refractivity contribution in [2.75, 3.05) is 10.2 Å². The molecule has 1 heterocycles. The summed E-state index contributed by atoms with van der Waals surface area (Å²) < 4.78 is 0. The first kappa shape index (κ1) is 21.4. The molecular formula is C27H23ClN2O3. The third-order valence-electron chi connectivity index (χ3n) is 6.71. The predicted octanol–water partition coefficient (Wildman–Crippen LogP) is 5.67. The van der Waals surface area contributed by atoms with E-state index in [0.717, 1.165) is 6.42 Å². The third-order valence-corrected chi connectivity index (χ3v) is 7.04. The Labute approximate surface area is 197 Å². The number of amides is 3. The molecule has 5 rings (SSSR count). The number of para-hydroxylation sites is 1. The molecule has 2 aliphatic rings. The summed E-state index contributed by atoms with van der Waals surface area (Å²) in [5.41, 5.74) is 2.67. The van der Waals surface area contributed by atoms with Crippen LogP contribution in [-0.4, -0.2) is 17.7 Å². The Hall–Kier alpha value is -3.44. The van der Waals surface area contributed by atoms with Crippen molar-refractivity contribution in [3.8, 4) is 0 Å². The number of fused-ring (bicyclic) bond motifs is 1. The number of hydrogen-bond donors (Lipinski definition) is 1. The zero-order valence-corrected chi connectivity index (χ0v) is 18.7. The monoisotopic (exact) mass is 458 g/mol. The Balaban J connectivity index is 1.31. The normalized spacial score (nSPS) is 22.2. The molecule has 0 unspecified atom stereocenters. The second-order valence-electron chi connectivity index (χ2n) is 8.63. The van der Waals surface area contributed by atoms with Gasteiger partial charge in [0.2, 0.25) is 11.8 Å². The number of anilines is 2. The van der Waals surface area contributed by atoms with Crippen molar-refractivity contribution in [2.45, 2.75) is 25.2 Å². The molecule has 3 atom stereocenters. The van der Waals surface area contributed by atoms with E-state index in [9.17, 15) is 14.4 Å². The topological polar surface area (TPSA) is 66.5 Å². The summed E-state index contributed by atoms with van der Waals surface area (Å²) in [4.78, 5) is 40.2. The molecule has 0 aromatic heterocycles. The summed E-state index contributed by atoms with van der Waals surface area (Å²) >= 11 is 6.11. The number of carbonyl (C=O) groups is 3. The molecular weight excluding hydrogens is 436 g/mol. The van der Waals surface area contributed by atoms with Crippen molar-refractivity contribution in [3.05, 3.63) is 95.0 Å². The van der Waals surface area contributed by atoms with Crippen molar-refractivity contribution in [3.63, 3.8) is 0 Å². The van der Waals surface area contributed by atoms with E-state index < -0.39 is 0 Å². The van der Waals surface area contributed by atoms with Crippen LogP contribution in [0.2, 0.25) is 5.02 Å². The molecule has 5 nitrogen and oxygen atoms in total. The highest BCUT2D eigenvalue weighted by Gasteiger charge is 2.50. The molecule has 1 aliphatic heterocycles. The molecule has 3 aromatic carbocycles. The fraction of sp³-hybridized carbons (Fsp3) is 0.222. The molecule has 6 heteroatoms. The van der Waals surface area contributed by atoms with E-state index in [0.29, 0.717) is 40.7 Å². The lowest BCUT2D eigenvalue weighted by atomic mass is 9.73. The third kappa shape index (κ3) is 4.05. The van der Waals surface area contributed by atoms with Crippen molar-refractivity contribution in [1.82, 2.24) is 0 Å². The summed E-state index contributed by atoms with van der Waals surface area (Å²) in [6, 6.07) is 23.8.